The van der Waals surface area contributed by atoms with Gasteiger partial charge in [-0.1, -0.05) is 0 Å². The number of ether oxygens (including phenoxy) is 1. The number of hydrogen-bond acceptors (Lipinski definition) is 5. The number of furan rings is 1. The summed E-state index contributed by atoms with van der Waals surface area (Å²) in [5, 5.41) is 4.15. The van der Waals surface area contributed by atoms with Crippen molar-refractivity contribution in [3.05, 3.63) is 42.1 Å². The highest BCUT2D eigenvalue weighted by Gasteiger charge is 2.07. The molecule has 0 radical (unpaired) electrons. The number of carbonyl (C=O) groups is 1. The molecule has 0 amide bonds. The van der Waals surface area contributed by atoms with Crippen LogP contribution in [0.25, 0.3) is 0 Å². The van der Waals surface area contributed by atoms with Crippen LogP contribution in [0.5, 0.6) is 0 Å². The van der Waals surface area contributed by atoms with Crippen molar-refractivity contribution in [2.24, 2.45) is 0 Å². The Balaban J connectivity index is 0.000000322. The second-order valence-electron chi connectivity index (χ2n) is 6.45. The predicted molar refractivity (Wildman–Crippen MR) is 88.9 cm³/mol. The van der Waals surface area contributed by atoms with Gasteiger partial charge in [0.2, 0.25) is 0 Å². The second-order valence-corrected chi connectivity index (χ2v) is 6.45. The van der Waals surface area contributed by atoms with Crippen molar-refractivity contribution in [1.82, 2.24) is 14.7 Å². The third-order valence-corrected chi connectivity index (χ3v) is 2.74. The molecule has 128 valence electrons. The van der Waals surface area contributed by atoms with Crippen LogP contribution in [0, 0.1) is 0 Å². The summed E-state index contributed by atoms with van der Waals surface area (Å²) in [5.41, 5.74) is -0.318. The van der Waals surface area contributed by atoms with E-state index in [0.29, 0.717) is 6.47 Å². The normalized spacial score (nSPS) is 11.0. The molecule has 0 aromatic carbocycles. The minimum atomic E-state index is -0.318. The van der Waals surface area contributed by atoms with Crippen molar-refractivity contribution in [3.63, 3.8) is 0 Å². The lowest BCUT2D eigenvalue weighted by Gasteiger charge is -2.14. The fraction of sp³-hybridized carbons (Fsp3) is 0.529. The molecule has 0 saturated heterocycles. The molecule has 0 spiro atoms. The molecule has 6 nitrogen and oxygen atoms in total. The van der Waals surface area contributed by atoms with E-state index in [2.05, 4.69) is 14.7 Å². The molecule has 6 heteroatoms. The minimum absolute atomic E-state index is 0.318. The summed E-state index contributed by atoms with van der Waals surface area (Å²) in [5.74, 6) is 2.04. The Hall–Kier alpha value is -2.08. The van der Waals surface area contributed by atoms with Crippen LogP contribution in [0.4, 0.5) is 0 Å². The van der Waals surface area contributed by atoms with E-state index < -0.39 is 0 Å². The molecule has 2 aromatic rings. The maximum Gasteiger partial charge on any atom is 0.293 e. The number of aromatic nitrogens is 2. The molecular weight excluding hydrogens is 294 g/mol. The number of rotatable bonds is 6. The molecule has 0 aliphatic carbocycles. The van der Waals surface area contributed by atoms with Crippen molar-refractivity contribution < 1.29 is 13.9 Å². The van der Waals surface area contributed by atoms with Gasteiger partial charge in [-0.25, -0.2) is 0 Å². The number of hydrogen-bond donors (Lipinski definition) is 0. The lowest BCUT2D eigenvalue weighted by atomic mass is 10.2. The monoisotopic (exact) mass is 321 g/mol. The highest BCUT2D eigenvalue weighted by atomic mass is 16.5. The zero-order valence-electron chi connectivity index (χ0n) is 14.7. The highest BCUT2D eigenvalue weighted by molar-refractivity contribution is 5.37. The van der Waals surface area contributed by atoms with Crippen molar-refractivity contribution >= 4 is 6.47 Å². The van der Waals surface area contributed by atoms with Crippen LogP contribution in [0.3, 0.4) is 0 Å². The Morgan fingerprint density at radius 2 is 2.00 bits per heavy atom. The average molecular weight is 321 g/mol. The van der Waals surface area contributed by atoms with Crippen LogP contribution >= 0.6 is 0 Å². The van der Waals surface area contributed by atoms with Crippen LogP contribution in [0.2, 0.25) is 0 Å². The molecule has 0 atom stereocenters. The fourth-order valence-corrected chi connectivity index (χ4v) is 1.76. The van der Waals surface area contributed by atoms with Gasteiger partial charge in [0.05, 0.1) is 6.54 Å². The predicted octanol–water partition coefficient (Wildman–Crippen LogP) is 2.74. The van der Waals surface area contributed by atoms with E-state index in [9.17, 15) is 4.79 Å². The van der Waals surface area contributed by atoms with Crippen LogP contribution < -0.4 is 0 Å². The Kier molecular flexibility index (Phi) is 7.54. The minimum Gasteiger partial charge on any atom is -0.465 e. The second kappa shape index (κ2) is 9.15. The number of aryl methyl sites for hydroxylation is 2. The first kappa shape index (κ1) is 19.0. The first-order chi connectivity index (χ1) is 10.8. The van der Waals surface area contributed by atoms with Crippen LogP contribution in [0.1, 0.15) is 32.3 Å². The molecule has 0 N–H and O–H groups in total. The first-order valence-corrected chi connectivity index (χ1v) is 7.61. The average Bonchev–Trinajstić information content (AvgIpc) is 3.06. The molecule has 23 heavy (non-hydrogen) atoms. The van der Waals surface area contributed by atoms with E-state index in [1.807, 2.05) is 63.9 Å². The summed E-state index contributed by atoms with van der Waals surface area (Å²) >= 11 is 0. The van der Waals surface area contributed by atoms with Gasteiger partial charge in [0.25, 0.3) is 6.47 Å². The first-order valence-electron chi connectivity index (χ1n) is 7.61. The van der Waals surface area contributed by atoms with E-state index in [-0.39, 0.29) is 5.60 Å². The highest BCUT2D eigenvalue weighted by Crippen LogP contribution is 2.10. The van der Waals surface area contributed by atoms with Gasteiger partial charge in [-0.15, -0.1) is 0 Å². The van der Waals surface area contributed by atoms with Gasteiger partial charge in [0, 0.05) is 25.4 Å². The standard InChI is InChI=1S/C12H17N3O.C5H10O2/c1-14(2)10-12-5-4-11(16-12)6-9-15-8-3-7-13-15;1-5(2,3)7-4-6/h3-5,7-8H,6,9-10H2,1-2H3;4H,1-3H3. The summed E-state index contributed by atoms with van der Waals surface area (Å²) < 4.78 is 12.2. The lowest BCUT2D eigenvalue weighted by molar-refractivity contribution is -0.138. The Morgan fingerprint density at radius 3 is 2.48 bits per heavy atom. The van der Waals surface area contributed by atoms with Crippen molar-refractivity contribution in [2.45, 2.75) is 45.9 Å². The zero-order valence-corrected chi connectivity index (χ0v) is 14.7. The summed E-state index contributed by atoms with van der Waals surface area (Å²) in [4.78, 5) is 11.7. The molecule has 0 fully saturated rings. The maximum absolute atomic E-state index is 9.60. The SMILES string of the molecule is CC(C)(C)OC=O.CN(C)Cc1ccc(CCn2cccn2)o1. The summed E-state index contributed by atoms with van der Waals surface area (Å²) in [6.07, 6.45) is 4.64. The number of nitrogens with zero attached hydrogens (tertiary/aromatic N) is 3. The maximum atomic E-state index is 9.60. The molecule has 2 heterocycles. The van der Waals surface area contributed by atoms with Crippen LogP contribution in [0.15, 0.2) is 35.0 Å². The quantitative estimate of drug-likeness (QED) is 0.766. The zero-order chi connectivity index (χ0) is 17.3. The topological polar surface area (TPSA) is 60.5 Å². The van der Waals surface area contributed by atoms with Crippen molar-refractivity contribution in [3.8, 4) is 0 Å². The van der Waals surface area contributed by atoms with Gasteiger partial charge in [0.15, 0.2) is 0 Å². The largest absolute Gasteiger partial charge is 0.465 e. The van der Waals surface area contributed by atoms with E-state index >= 15 is 0 Å². The van der Waals surface area contributed by atoms with E-state index in [4.69, 9.17) is 4.42 Å². The molecule has 0 saturated carbocycles. The van der Waals surface area contributed by atoms with Crippen LogP contribution in [-0.2, 0) is 29.0 Å². The van der Waals surface area contributed by atoms with Gasteiger partial charge in [-0.2, -0.15) is 5.10 Å². The molecule has 0 aliphatic heterocycles. The molecule has 2 aromatic heterocycles. The van der Waals surface area contributed by atoms with Gasteiger partial charge >= 0.3 is 0 Å². The molecule has 0 bridgehead atoms. The Labute approximate surface area is 138 Å². The van der Waals surface area contributed by atoms with Crippen molar-refractivity contribution in [2.75, 3.05) is 14.1 Å². The summed E-state index contributed by atoms with van der Waals surface area (Å²) in [7, 11) is 4.07. The number of carbonyl (C=O) groups excluding carboxylic acids is 1. The fourth-order valence-electron chi connectivity index (χ4n) is 1.76. The van der Waals surface area contributed by atoms with Gasteiger partial charge in [-0.3, -0.25) is 9.48 Å². The van der Waals surface area contributed by atoms with Gasteiger partial charge in [0.1, 0.15) is 17.1 Å². The lowest BCUT2D eigenvalue weighted by Crippen LogP contribution is -2.17. The van der Waals surface area contributed by atoms with Gasteiger partial charge < -0.3 is 14.1 Å². The van der Waals surface area contributed by atoms with E-state index in [1.165, 1.54) is 0 Å². The van der Waals surface area contributed by atoms with E-state index in [1.54, 1.807) is 6.20 Å². The Morgan fingerprint density at radius 1 is 1.30 bits per heavy atom. The third kappa shape index (κ3) is 8.83. The summed E-state index contributed by atoms with van der Waals surface area (Å²) in [6, 6.07) is 6.01. The Bertz CT molecular complexity index is 554. The molecular formula is C17H27N3O3. The van der Waals surface area contributed by atoms with E-state index in [0.717, 1.165) is 31.0 Å². The van der Waals surface area contributed by atoms with Gasteiger partial charge in [-0.05, 0) is 53.1 Å². The van der Waals surface area contributed by atoms with Crippen LogP contribution in [-0.4, -0.2) is 40.8 Å². The summed E-state index contributed by atoms with van der Waals surface area (Å²) in [6.45, 7) is 7.63. The molecule has 2 rings (SSSR count). The third-order valence-electron chi connectivity index (χ3n) is 2.74. The molecule has 0 unspecified atom stereocenters. The molecule has 0 aliphatic rings. The van der Waals surface area contributed by atoms with Crippen molar-refractivity contribution in [1.29, 1.82) is 0 Å². The smallest absolute Gasteiger partial charge is 0.293 e.